The highest BCUT2D eigenvalue weighted by molar-refractivity contribution is 5.81. The third-order valence-electron chi connectivity index (χ3n) is 5.41. The molecule has 150 valence electrons. The van der Waals surface area contributed by atoms with E-state index in [4.69, 9.17) is 0 Å². The summed E-state index contributed by atoms with van der Waals surface area (Å²) in [6.07, 6.45) is 0. The Morgan fingerprint density at radius 3 is 1.11 bits per heavy atom. The lowest BCUT2D eigenvalue weighted by Crippen LogP contribution is -2.19. The molecule has 27 heavy (non-hydrogen) atoms. The van der Waals surface area contributed by atoms with Gasteiger partial charge in [0.05, 0.1) is 0 Å². The maximum absolute atomic E-state index is 2.44. The molecule has 0 amide bonds. The van der Waals surface area contributed by atoms with Gasteiger partial charge in [-0.25, -0.2) is 0 Å². The van der Waals surface area contributed by atoms with Gasteiger partial charge in [0.15, 0.2) is 0 Å². The van der Waals surface area contributed by atoms with Crippen molar-refractivity contribution in [3.63, 3.8) is 0 Å². The smallest absolute Gasteiger partial charge is 0.0159 e. The Bertz CT molecular complexity index is 696. The molecule has 0 saturated carbocycles. The maximum atomic E-state index is 2.44. The second-order valence-electron chi connectivity index (χ2n) is 9.65. The minimum Gasteiger partial charge on any atom is -0.0683 e. The van der Waals surface area contributed by atoms with Gasteiger partial charge in [-0.3, -0.25) is 0 Å². The van der Waals surface area contributed by atoms with E-state index in [1.165, 1.54) is 33.4 Å². The first-order chi connectivity index (χ1) is 12.4. The lowest BCUT2D eigenvalue weighted by Gasteiger charge is -2.26. The highest BCUT2D eigenvalue weighted by Gasteiger charge is 2.36. The Labute approximate surface area is 169 Å². The number of fused-ring (bicyclic) bond motifs is 3. The summed E-state index contributed by atoms with van der Waals surface area (Å²) in [7, 11) is 0. The molecule has 0 saturated heterocycles. The van der Waals surface area contributed by atoms with Gasteiger partial charge < -0.3 is 0 Å². The Hall–Kier alpha value is -1.56. The summed E-state index contributed by atoms with van der Waals surface area (Å²) in [4.78, 5) is 0. The van der Waals surface area contributed by atoms with Crippen LogP contribution in [-0.2, 0) is 16.2 Å². The van der Waals surface area contributed by atoms with Gasteiger partial charge in [0, 0.05) is 5.41 Å². The Kier molecular flexibility index (Phi) is 7.14. The summed E-state index contributed by atoms with van der Waals surface area (Å²) in [5.74, 6) is 0. The lowest BCUT2D eigenvalue weighted by atomic mass is 9.77. The zero-order valence-corrected chi connectivity index (χ0v) is 20.0. The van der Waals surface area contributed by atoms with Gasteiger partial charge in [-0.15, -0.1) is 0 Å². The zero-order chi connectivity index (χ0) is 21.2. The predicted molar refractivity (Wildman–Crippen MR) is 124 cm³/mol. The van der Waals surface area contributed by atoms with Crippen molar-refractivity contribution >= 4 is 0 Å². The van der Waals surface area contributed by atoms with E-state index in [1.807, 2.05) is 27.7 Å². The average Bonchev–Trinajstić information content (AvgIpc) is 2.84. The molecule has 0 spiro atoms. The largest absolute Gasteiger partial charge is 0.0683 e. The van der Waals surface area contributed by atoms with Crippen LogP contribution in [-0.4, -0.2) is 0 Å². The molecule has 0 heterocycles. The molecule has 2 aromatic carbocycles. The summed E-state index contributed by atoms with van der Waals surface area (Å²) >= 11 is 0. The van der Waals surface area contributed by atoms with Gasteiger partial charge in [-0.05, 0) is 44.2 Å². The summed E-state index contributed by atoms with van der Waals surface area (Å²) < 4.78 is 0. The minimum absolute atomic E-state index is 0.0766. The molecule has 0 unspecified atom stereocenters. The number of hydrogen-bond donors (Lipinski definition) is 0. The Balaban J connectivity index is 0.000000855. The summed E-state index contributed by atoms with van der Waals surface area (Å²) in [6, 6.07) is 14.2. The van der Waals surface area contributed by atoms with Crippen molar-refractivity contribution in [2.45, 2.75) is 99.3 Å². The maximum Gasteiger partial charge on any atom is 0.0159 e. The fourth-order valence-electron chi connectivity index (χ4n) is 3.67. The normalized spacial score (nSPS) is 14.2. The fraction of sp³-hybridized carbons (Fsp3) is 0.556. The molecule has 0 atom stereocenters. The monoisotopic (exact) mass is 366 g/mol. The van der Waals surface area contributed by atoms with Gasteiger partial charge in [-0.2, -0.15) is 0 Å². The number of rotatable bonds is 0. The SMILES string of the molecule is CC.CC.CC(C)(C)c1ccc2c(c1)C(C)(C)c1cc(C(C)(C)C)ccc1-2. The van der Waals surface area contributed by atoms with Gasteiger partial charge in [0.1, 0.15) is 0 Å². The molecule has 1 aliphatic rings. The van der Waals surface area contributed by atoms with Crippen LogP contribution in [0.25, 0.3) is 11.1 Å². The van der Waals surface area contributed by atoms with E-state index >= 15 is 0 Å². The predicted octanol–water partition coefficient (Wildman–Crippen LogP) is 8.64. The van der Waals surface area contributed by atoms with Crippen LogP contribution in [0.3, 0.4) is 0 Å². The first kappa shape index (κ1) is 23.5. The Morgan fingerprint density at radius 1 is 0.556 bits per heavy atom. The Morgan fingerprint density at radius 2 is 0.852 bits per heavy atom. The van der Waals surface area contributed by atoms with Crippen LogP contribution >= 0.6 is 0 Å². The average molecular weight is 367 g/mol. The van der Waals surface area contributed by atoms with Crippen LogP contribution in [0.2, 0.25) is 0 Å². The molecular weight excluding hydrogens is 324 g/mol. The van der Waals surface area contributed by atoms with Crippen molar-refractivity contribution in [3.05, 3.63) is 58.7 Å². The highest BCUT2D eigenvalue weighted by atomic mass is 14.4. The van der Waals surface area contributed by atoms with Crippen LogP contribution in [0.15, 0.2) is 36.4 Å². The lowest BCUT2D eigenvalue weighted by molar-refractivity contribution is 0.580. The zero-order valence-electron chi connectivity index (χ0n) is 20.0. The second kappa shape index (κ2) is 8.21. The van der Waals surface area contributed by atoms with E-state index < -0.39 is 0 Å². The third-order valence-corrected chi connectivity index (χ3v) is 5.41. The van der Waals surface area contributed by atoms with Crippen LogP contribution in [0.1, 0.15) is 105 Å². The van der Waals surface area contributed by atoms with E-state index in [0.717, 1.165) is 0 Å². The molecular formula is C27H42. The molecule has 0 radical (unpaired) electrons. The van der Waals surface area contributed by atoms with E-state index in [9.17, 15) is 0 Å². The van der Waals surface area contributed by atoms with E-state index in [2.05, 4.69) is 91.8 Å². The van der Waals surface area contributed by atoms with Crippen molar-refractivity contribution in [2.75, 3.05) is 0 Å². The molecule has 0 bridgehead atoms. The van der Waals surface area contributed by atoms with Crippen LogP contribution in [0.5, 0.6) is 0 Å². The standard InChI is InChI=1S/C23H30.2C2H6/c1-21(2,3)15-9-11-17-18-12-10-16(22(4,5)6)14-20(18)23(7,8)19(17)13-15;2*1-2/h9-14H,1-8H3;2*1-2H3. The second-order valence-corrected chi connectivity index (χ2v) is 9.65. The van der Waals surface area contributed by atoms with Gasteiger partial charge >= 0.3 is 0 Å². The number of benzene rings is 2. The molecule has 3 rings (SSSR count). The molecule has 0 N–H and O–H groups in total. The van der Waals surface area contributed by atoms with Crippen molar-refractivity contribution < 1.29 is 0 Å². The van der Waals surface area contributed by atoms with E-state index in [1.54, 1.807) is 0 Å². The molecule has 0 nitrogen and oxygen atoms in total. The third kappa shape index (κ3) is 4.48. The quantitative estimate of drug-likeness (QED) is 0.437. The van der Waals surface area contributed by atoms with E-state index in [0.29, 0.717) is 0 Å². The van der Waals surface area contributed by atoms with Crippen molar-refractivity contribution in [2.24, 2.45) is 0 Å². The van der Waals surface area contributed by atoms with Crippen molar-refractivity contribution in [1.29, 1.82) is 0 Å². The summed E-state index contributed by atoms with van der Waals surface area (Å²) in [5, 5.41) is 0. The number of hydrogen-bond acceptors (Lipinski definition) is 0. The molecule has 0 fully saturated rings. The fourth-order valence-corrected chi connectivity index (χ4v) is 3.67. The van der Waals surface area contributed by atoms with Crippen molar-refractivity contribution in [1.82, 2.24) is 0 Å². The van der Waals surface area contributed by atoms with Crippen LogP contribution in [0, 0.1) is 0 Å². The molecule has 2 aromatic rings. The summed E-state index contributed by atoms with van der Waals surface area (Å²) in [6.45, 7) is 26.5. The van der Waals surface area contributed by atoms with Gasteiger partial charge in [0.2, 0.25) is 0 Å². The highest BCUT2D eigenvalue weighted by Crippen LogP contribution is 2.50. The molecule has 0 heteroatoms. The first-order valence-corrected chi connectivity index (χ1v) is 10.7. The first-order valence-electron chi connectivity index (χ1n) is 10.7. The van der Waals surface area contributed by atoms with Crippen LogP contribution < -0.4 is 0 Å². The topological polar surface area (TPSA) is 0 Å². The molecule has 1 aliphatic carbocycles. The van der Waals surface area contributed by atoms with E-state index in [-0.39, 0.29) is 16.2 Å². The summed E-state index contributed by atoms with van der Waals surface area (Å²) in [5.41, 5.74) is 9.09. The van der Waals surface area contributed by atoms with Gasteiger partial charge in [0.25, 0.3) is 0 Å². The minimum atomic E-state index is 0.0766. The molecule has 0 aromatic heterocycles. The van der Waals surface area contributed by atoms with Gasteiger partial charge in [-0.1, -0.05) is 119 Å². The molecule has 0 aliphatic heterocycles. The van der Waals surface area contributed by atoms with Crippen LogP contribution in [0.4, 0.5) is 0 Å². The van der Waals surface area contributed by atoms with Crippen molar-refractivity contribution in [3.8, 4) is 11.1 Å².